The lowest BCUT2D eigenvalue weighted by atomic mass is 10.1. The highest BCUT2D eigenvalue weighted by atomic mass is 35.5. The van der Waals surface area contributed by atoms with Crippen LogP contribution in [0.25, 0.3) is 0 Å². The van der Waals surface area contributed by atoms with E-state index >= 15 is 0 Å². The van der Waals surface area contributed by atoms with E-state index in [0.717, 1.165) is 11.1 Å². The van der Waals surface area contributed by atoms with Gasteiger partial charge in [-0.1, -0.05) is 18.2 Å². The van der Waals surface area contributed by atoms with Gasteiger partial charge >= 0.3 is 0 Å². The summed E-state index contributed by atoms with van der Waals surface area (Å²) in [5.41, 5.74) is 2.39. The first-order valence-electron chi connectivity index (χ1n) is 9.00. The van der Waals surface area contributed by atoms with Crippen LogP contribution in [0.3, 0.4) is 0 Å². The fourth-order valence-corrected chi connectivity index (χ4v) is 6.09. The van der Waals surface area contributed by atoms with Crippen molar-refractivity contribution in [1.82, 2.24) is 9.21 Å². The van der Waals surface area contributed by atoms with Crippen molar-refractivity contribution in [1.29, 1.82) is 0 Å². The Morgan fingerprint density at radius 1 is 1.21 bits per heavy atom. The van der Waals surface area contributed by atoms with Crippen molar-refractivity contribution in [3.63, 3.8) is 0 Å². The number of halogens is 1. The van der Waals surface area contributed by atoms with Crippen LogP contribution in [-0.4, -0.2) is 61.0 Å². The Labute approximate surface area is 179 Å². The maximum Gasteiger partial charge on any atom is 0.244 e. The zero-order chi connectivity index (χ0) is 21.2. The SMILES string of the molecule is Cc1cccc(C)c1NC(=O)[C@@H]1CN(C(=O)CCl)CCN1S(=O)(=O)c1ccsc1. The molecule has 0 bridgehead atoms. The van der Waals surface area contributed by atoms with Crippen LogP contribution >= 0.6 is 22.9 Å². The van der Waals surface area contributed by atoms with Gasteiger partial charge in [0.15, 0.2) is 0 Å². The molecule has 2 heterocycles. The third-order valence-corrected chi connectivity index (χ3v) is 7.90. The second-order valence-corrected chi connectivity index (χ2v) is 9.76. The Balaban J connectivity index is 1.94. The Hall–Kier alpha value is -1.94. The fourth-order valence-electron chi connectivity index (χ4n) is 3.33. The molecule has 1 aliphatic heterocycles. The van der Waals surface area contributed by atoms with Crippen LogP contribution < -0.4 is 5.32 Å². The number of benzene rings is 1. The van der Waals surface area contributed by atoms with E-state index in [1.807, 2.05) is 32.0 Å². The van der Waals surface area contributed by atoms with Crippen LogP contribution in [0.4, 0.5) is 5.69 Å². The van der Waals surface area contributed by atoms with E-state index < -0.39 is 22.0 Å². The number of para-hydroxylation sites is 1. The van der Waals surface area contributed by atoms with Crippen molar-refractivity contribution in [3.8, 4) is 0 Å². The van der Waals surface area contributed by atoms with Crippen LogP contribution in [0.2, 0.25) is 0 Å². The van der Waals surface area contributed by atoms with E-state index in [2.05, 4.69) is 5.32 Å². The lowest BCUT2D eigenvalue weighted by Crippen LogP contribution is -2.60. The van der Waals surface area contributed by atoms with E-state index in [9.17, 15) is 18.0 Å². The number of carbonyl (C=O) groups is 2. The van der Waals surface area contributed by atoms with E-state index in [-0.39, 0.29) is 36.3 Å². The van der Waals surface area contributed by atoms with Gasteiger partial charge in [0.25, 0.3) is 0 Å². The van der Waals surface area contributed by atoms with Gasteiger partial charge in [0, 0.05) is 30.7 Å². The fraction of sp³-hybridized carbons (Fsp3) is 0.368. The standard InChI is InChI=1S/C19H22ClN3O4S2/c1-13-4-3-5-14(2)18(13)21-19(25)16-11-22(17(24)10-20)7-8-23(16)29(26,27)15-6-9-28-12-15/h3-6,9,12,16H,7-8,10-11H2,1-2H3,(H,21,25)/t16-/m0/s1. The summed E-state index contributed by atoms with van der Waals surface area (Å²) in [7, 11) is -3.87. The number of piperazine rings is 1. The number of carbonyl (C=O) groups excluding carboxylic acids is 2. The maximum atomic E-state index is 13.2. The van der Waals surface area contributed by atoms with Gasteiger partial charge in [-0.2, -0.15) is 15.6 Å². The number of hydrogen-bond acceptors (Lipinski definition) is 5. The molecule has 0 spiro atoms. The van der Waals surface area contributed by atoms with E-state index in [1.165, 1.54) is 32.0 Å². The van der Waals surface area contributed by atoms with E-state index in [1.54, 1.807) is 5.38 Å². The molecule has 1 aliphatic rings. The van der Waals surface area contributed by atoms with E-state index in [4.69, 9.17) is 11.6 Å². The van der Waals surface area contributed by atoms with Crippen molar-refractivity contribution in [2.75, 3.05) is 30.8 Å². The van der Waals surface area contributed by atoms with Crippen molar-refractivity contribution in [3.05, 3.63) is 46.2 Å². The van der Waals surface area contributed by atoms with Gasteiger partial charge in [-0.3, -0.25) is 9.59 Å². The molecule has 1 atom stereocenters. The average molecular weight is 456 g/mol. The third-order valence-electron chi connectivity index (χ3n) is 4.93. The van der Waals surface area contributed by atoms with Gasteiger partial charge in [0.05, 0.1) is 4.90 Å². The quantitative estimate of drug-likeness (QED) is 0.701. The molecule has 3 rings (SSSR count). The highest BCUT2D eigenvalue weighted by Gasteiger charge is 2.41. The largest absolute Gasteiger partial charge is 0.338 e. The van der Waals surface area contributed by atoms with E-state index in [0.29, 0.717) is 5.69 Å². The van der Waals surface area contributed by atoms with Crippen LogP contribution in [0.15, 0.2) is 39.9 Å². The number of anilines is 1. The summed E-state index contributed by atoms with van der Waals surface area (Å²) in [5.74, 6) is -1.03. The summed E-state index contributed by atoms with van der Waals surface area (Å²) in [6, 6.07) is 6.07. The molecule has 1 N–H and O–H groups in total. The lowest BCUT2D eigenvalue weighted by molar-refractivity contribution is -0.132. The number of nitrogens with zero attached hydrogens (tertiary/aromatic N) is 2. The monoisotopic (exact) mass is 455 g/mol. The molecule has 0 unspecified atom stereocenters. The molecule has 2 amide bonds. The van der Waals surface area contributed by atoms with Crippen LogP contribution in [0.1, 0.15) is 11.1 Å². The number of hydrogen-bond donors (Lipinski definition) is 1. The topological polar surface area (TPSA) is 86.8 Å². The van der Waals surface area contributed by atoms with Gasteiger partial charge in [-0.05, 0) is 36.4 Å². The molecule has 10 heteroatoms. The number of aryl methyl sites for hydroxylation is 2. The molecule has 1 aromatic carbocycles. The van der Waals surface area contributed by atoms with Crippen LogP contribution in [0, 0.1) is 13.8 Å². The van der Waals surface area contributed by atoms with Gasteiger partial charge in [-0.25, -0.2) is 8.42 Å². The van der Waals surface area contributed by atoms with Crippen molar-refractivity contribution in [2.24, 2.45) is 0 Å². The number of thiophene rings is 1. The zero-order valence-electron chi connectivity index (χ0n) is 16.1. The molecule has 0 saturated carbocycles. The normalized spacial score (nSPS) is 17.9. The summed E-state index contributed by atoms with van der Waals surface area (Å²) in [5, 5.41) is 6.07. The number of amides is 2. The van der Waals surface area contributed by atoms with Gasteiger partial charge in [-0.15, -0.1) is 11.6 Å². The van der Waals surface area contributed by atoms with Crippen molar-refractivity contribution < 1.29 is 18.0 Å². The third kappa shape index (κ3) is 4.48. The van der Waals surface area contributed by atoms with Crippen molar-refractivity contribution in [2.45, 2.75) is 24.8 Å². The van der Waals surface area contributed by atoms with Crippen LogP contribution in [-0.2, 0) is 19.6 Å². The summed E-state index contributed by atoms with van der Waals surface area (Å²) in [6.45, 7) is 3.89. The Morgan fingerprint density at radius 3 is 2.48 bits per heavy atom. The minimum Gasteiger partial charge on any atom is -0.338 e. The smallest absolute Gasteiger partial charge is 0.244 e. The second kappa shape index (κ2) is 8.83. The second-order valence-electron chi connectivity index (χ2n) is 6.82. The first kappa shape index (κ1) is 21.8. The molecule has 156 valence electrons. The van der Waals surface area contributed by atoms with Crippen LogP contribution in [0.5, 0.6) is 0 Å². The van der Waals surface area contributed by atoms with Gasteiger partial charge < -0.3 is 10.2 Å². The first-order chi connectivity index (χ1) is 13.8. The molecular weight excluding hydrogens is 434 g/mol. The molecule has 1 fully saturated rings. The molecule has 2 aromatic rings. The molecular formula is C19H22ClN3O4S2. The summed E-state index contributed by atoms with van der Waals surface area (Å²) < 4.78 is 27.4. The highest BCUT2D eigenvalue weighted by Crippen LogP contribution is 2.26. The highest BCUT2D eigenvalue weighted by molar-refractivity contribution is 7.89. The van der Waals surface area contributed by atoms with Gasteiger partial charge in [0.1, 0.15) is 11.9 Å². The minimum atomic E-state index is -3.87. The number of alkyl halides is 1. The maximum absolute atomic E-state index is 13.2. The van der Waals surface area contributed by atoms with Gasteiger partial charge in [0.2, 0.25) is 21.8 Å². The first-order valence-corrected chi connectivity index (χ1v) is 11.9. The predicted octanol–water partition coefficient (Wildman–Crippen LogP) is 2.44. The Kier molecular flexibility index (Phi) is 6.62. The number of nitrogens with one attached hydrogen (secondary N) is 1. The van der Waals surface area contributed by atoms with Crippen molar-refractivity contribution >= 4 is 50.5 Å². The molecule has 1 aromatic heterocycles. The number of sulfonamides is 1. The molecule has 0 aliphatic carbocycles. The molecule has 29 heavy (non-hydrogen) atoms. The Morgan fingerprint density at radius 2 is 1.90 bits per heavy atom. The molecule has 7 nitrogen and oxygen atoms in total. The molecule has 1 saturated heterocycles. The summed E-state index contributed by atoms with van der Waals surface area (Å²) in [6.07, 6.45) is 0. The zero-order valence-corrected chi connectivity index (χ0v) is 18.5. The molecule has 0 radical (unpaired) electrons. The number of rotatable bonds is 5. The summed E-state index contributed by atoms with van der Waals surface area (Å²) in [4.78, 5) is 26.8. The average Bonchev–Trinajstić information content (AvgIpc) is 3.25. The minimum absolute atomic E-state index is 0.0195. The Bertz CT molecular complexity index is 988. The summed E-state index contributed by atoms with van der Waals surface area (Å²) >= 11 is 6.94. The lowest BCUT2D eigenvalue weighted by Gasteiger charge is -2.39. The predicted molar refractivity (Wildman–Crippen MR) is 114 cm³/mol.